The molecule has 0 aromatic heterocycles. The first kappa shape index (κ1) is 22.6. The molecular formula is C6H8Cl3Sm. The summed E-state index contributed by atoms with van der Waals surface area (Å²) in [5, 5.41) is 0. The van der Waals surface area contributed by atoms with Gasteiger partial charge in [0.25, 0.3) is 0 Å². The van der Waals surface area contributed by atoms with E-state index in [4.69, 9.17) is 0 Å². The summed E-state index contributed by atoms with van der Waals surface area (Å²) in [6.45, 7) is 2.14. The van der Waals surface area contributed by atoms with Crippen LogP contribution in [0.1, 0.15) is 13.3 Å². The first-order valence-corrected chi connectivity index (χ1v) is 2.22. The smallest absolute Gasteiger partial charge is 1.00 e. The molecule has 4 heteroatoms. The topological polar surface area (TPSA) is 0 Å². The minimum Gasteiger partial charge on any atom is -1.00 e. The maximum atomic E-state index is 2.16. The fraction of sp³-hybridized carbons (Fsp3) is 0.333. The monoisotopic (exact) mass is 337 g/mol. The Balaban J connectivity index is -0.0000000450. The van der Waals surface area contributed by atoms with Crippen molar-refractivity contribution in [1.29, 1.82) is 0 Å². The zero-order valence-corrected chi connectivity index (χ0v) is 10.4. The molecule has 59 valence electrons. The molecule has 10 heavy (non-hydrogen) atoms. The van der Waals surface area contributed by atoms with E-state index in [-0.39, 0.29) is 77.6 Å². The Morgan fingerprint density at radius 3 is 1.80 bits per heavy atom. The van der Waals surface area contributed by atoms with Gasteiger partial charge in [-0.25, -0.2) is 0 Å². The Bertz CT molecular complexity index is 110. The molecule has 0 bridgehead atoms. The third kappa shape index (κ3) is 9.69. The number of rotatable bonds is 0. The molecule has 0 amide bonds. The molecule has 0 spiro atoms. The van der Waals surface area contributed by atoms with Crippen LogP contribution in [-0.2, 0) is 0 Å². The molecule has 0 fully saturated rings. The number of halogens is 3. The molecule has 0 nitrogen and oxygen atoms in total. The van der Waals surface area contributed by atoms with Crippen molar-refractivity contribution in [3.63, 3.8) is 0 Å². The summed E-state index contributed by atoms with van der Waals surface area (Å²) in [6, 6.07) is 0. The van der Waals surface area contributed by atoms with Crippen LogP contribution in [0.3, 0.4) is 0 Å². The largest absolute Gasteiger partial charge is 3.00 e. The van der Waals surface area contributed by atoms with Gasteiger partial charge in [-0.05, 0) is 13.3 Å². The molecule has 0 unspecified atom stereocenters. The van der Waals surface area contributed by atoms with Crippen molar-refractivity contribution >= 4 is 0 Å². The van der Waals surface area contributed by atoms with Crippen molar-refractivity contribution in [3.8, 4) is 0 Å². The van der Waals surface area contributed by atoms with Gasteiger partial charge in [-0.1, -0.05) is 23.8 Å². The van der Waals surface area contributed by atoms with E-state index < -0.39 is 0 Å². The van der Waals surface area contributed by atoms with Crippen LogP contribution in [0.5, 0.6) is 0 Å². The van der Waals surface area contributed by atoms with Gasteiger partial charge in [0, 0.05) is 0 Å². The third-order valence-corrected chi connectivity index (χ3v) is 0.957. The quantitative estimate of drug-likeness (QED) is 0.412. The zero-order valence-electron chi connectivity index (χ0n) is 5.48. The standard InChI is InChI=1S/C6H8.3ClH.Sm/c1-6-4-2-3-5-6;;;;/h2-4H,5H2,1H3;3*1H;/q;;;;+3/p-3. The molecule has 1 rings (SSSR count). The molecule has 0 aliphatic heterocycles. The van der Waals surface area contributed by atoms with Gasteiger partial charge in [0.05, 0.1) is 0 Å². The van der Waals surface area contributed by atoms with Crippen LogP contribution in [0.15, 0.2) is 23.8 Å². The van der Waals surface area contributed by atoms with E-state index in [1.165, 1.54) is 12.0 Å². The molecule has 0 N–H and O–H groups in total. The molecule has 0 saturated heterocycles. The van der Waals surface area contributed by atoms with Crippen molar-refractivity contribution in [2.75, 3.05) is 0 Å². The van der Waals surface area contributed by atoms with Gasteiger partial charge in [-0.2, -0.15) is 0 Å². The fourth-order valence-electron chi connectivity index (χ4n) is 0.554. The summed E-state index contributed by atoms with van der Waals surface area (Å²) in [5.41, 5.74) is 1.47. The molecule has 0 saturated carbocycles. The molecule has 1 aliphatic rings. The van der Waals surface area contributed by atoms with Crippen molar-refractivity contribution < 1.29 is 77.6 Å². The number of hydrogen-bond donors (Lipinski definition) is 0. The zero-order chi connectivity index (χ0) is 4.41. The maximum Gasteiger partial charge on any atom is 3.00 e. The molecule has 0 aromatic carbocycles. The van der Waals surface area contributed by atoms with E-state index in [0.29, 0.717) is 0 Å². The predicted octanol–water partition coefficient (Wildman–Crippen LogP) is -7.10. The van der Waals surface area contributed by atoms with Gasteiger partial charge in [0.1, 0.15) is 0 Å². The Morgan fingerprint density at radius 1 is 1.20 bits per heavy atom. The molecular weight excluding hydrogens is 329 g/mol. The third-order valence-electron chi connectivity index (χ3n) is 0.957. The minimum absolute atomic E-state index is 0. The summed E-state index contributed by atoms with van der Waals surface area (Å²) in [7, 11) is 0. The average Bonchev–Trinajstić information content (AvgIpc) is 1.86. The van der Waals surface area contributed by atoms with Gasteiger partial charge in [-0.3, -0.25) is 0 Å². The molecule has 0 atom stereocenters. The van der Waals surface area contributed by atoms with Crippen molar-refractivity contribution in [2.24, 2.45) is 0 Å². The average molecular weight is 337 g/mol. The summed E-state index contributed by atoms with van der Waals surface area (Å²) in [5.74, 6) is 0. The Labute approximate surface area is 113 Å². The maximum absolute atomic E-state index is 2.16. The summed E-state index contributed by atoms with van der Waals surface area (Å²) >= 11 is 0. The molecule has 0 aromatic rings. The SMILES string of the molecule is CC1=CC=CC1.[Cl-].[Cl-].[Cl-].[Sm+3]. The second-order valence-corrected chi connectivity index (χ2v) is 1.65. The molecule has 1 radical (unpaired) electrons. The Morgan fingerprint density at radius 2 is 1.70 bits per heavy atom. The van der Waals surface area contributed by atoms with Gasteiger partial charge < -0.3 is 37.2 Å². The molecule has 0 heterocycles. The Kier molecular flexibility index (Phi) is 30.0. The van der Waals surface area contributed by atoms with Crippen LogP contribution in [0, 0.1) is 40.4 Å². The van der Waals surface area contributed by atoms with Crippen LogP contribution in [-0.4, -0.2) is 0 Å². The predicted molar refractivity (Wildman–Crippen MR) is 27.5 cm³/mol. The van der Waals surface area contributed by atoms with E-state index >= 15 is 0 Å². The second kappa shape index (κ2) is 13.3. The van der Waals surface area contributed by atoms with Crippen molar-refractivity contribution in [1.82, 2.24) is 0 Å². The van der Waals surface area contributed by atoms with E-state index in [0.717, 1.165) is 0 Å². The van der Waals surface area contributed by atoms with Crippen LogP contribution in [0.4, 0.5) is 0 Å². The van der Waals surface area contributed by atoms with E-state index in [9.17, 15) is 0 Å². The van der Waals surface area contributed by atoms with E-state index in [2.05, 4.69) is 25.2 Å². The minimum atomic E-state index is 0. The normalized spacial score (nSPS) is 11.1. The van der Waals surface area contributed by atoms with Crippen LogP contribution in [0.25, 0.3) is 0 Å². The first-order chi connectivity index (χ1) is 2.89. The van der Waals surface area contributed by atoms with E-state index in [1.807, 2.05) is 0 Å². The van der Waals surface area contributed by atoms with Gasteiger partial charge >= 0.3 is 40.4 Å². The van der Waals surface area contributed by atoms with Gasteiger partial charge in [0.2, 0.25) is 0 Å². The molecule has 1 aliphatic carbocycles. The number of hydrogen-bond acceptors (Lipinski definition) is 0. The summed E-state index contributed by atoms with van der Waals surface area (Å²) in [4.78, 5) is 0. The van der Waals surface area contributed by atoms with Crippen LogP contribution < -0.4 is 37.2 Å². The number of allylic oxidation sites excluding steroid dienone is 4. The summed E-state index contributed by atoms with van der Waals surface area (Å²) in [6.07, 6.45) is 7.56. The summed E-state index contributed by atoms with van der Waals surface area (Å²) < 4.78 is 0. The van der Waals surface area contributed by atoms with Crippen molar-refractivity contribution in [2.45, 2.75) is 13.3 Å². The Hall–Kier alpha value is 1.69. The van der Waals surface area contributed by atoms with Gasteiger partial charge in [0.15, 0.2) is 0 Å². The van der Waals surface area contributed by atoms with Crippen molar-refractivity contribution in [3.05, 3.63) is 23.8 Å². The first-order valence-electron chi connectivity index (χ1n) is 2.22. The van der Waals surface area contributed by atoms with Gasteiger partial charge in [-0.15, -0.1) is 0 Å². The fourth-order valence-corrected chi connectivity index (χ4v) is 0.554. The second-order valence-electron chi connectivity index (χ2n) is 1.65. The van der Waals surface area contributed by atoms with Crippen LogP contribution in [0.2, 0.25) is 0 Å². The van der Waals surface area contributed by atoms with Crippen LogP contribution >= 0.6 is 0 Å². The van der Waals surface area contributed by atoms with E-state index in [1.54, 1.807) is 0 Å².